The lowest BCUT2D eigenvalue weighted by molar-refractivity contribution is -0.149. The van der Waals surface area contributed by atoms with Crippen molar-refractivity contribution in [3.8, 4) is 0 Å². The van der Waals surface area contributed by atoms with E-state index in [-0.39, 0.29) is 25.0 Å². The van der Waals surface area contributed by atoms with Crippen LogP contribution in [0, 0.1) is 0 Å². The molecule has 0 saturated carbocycles. The number of hydrogen-bond acceptors (Lipinski definition) is 4. The number of amides is 2. The normalized spacial score (nSPS) is 24.8. The fourth-order valence-electron chi connectivity index (χ4n) is 1.20. The van der Waals surface area contributed by atoms with Gasteiger partial charge in [0.2, 0.25) is 11.8 Å². The van der Waals surface area contributed by atoms with Crippen LogP contribution in [-0.4, -0.2) is 41.0 Å². The van der Waals surface area contributed by atoms with E-state index in [9.17, 15) is 9.59 Å². The zero-order valence-electron chi connectivity index (χ0n) is 6.69. The number of β-amino-alcohol motifs (C(OH)–C–C–N with tert-alkyl or cyclic N) is 1. The van der Waals surface area contributed by atoms with Crippen molar-refractivity contribution in [2.24, 2.45) is 5.73 Å². The van der Waals surface area contributed by atoms with Crippen LogP contribution in [0.5, 0.6) is 0 Å². The molecular formula is C7H12N2O3. The van der Waals surface area contributed by atoms with E-state index in [0.29, 0.717) is 12.8 Å². The Morgan fingerprint density at radius 1 is 1.58 bits per heavy atom. The van der Waals surface area contributed by atoms with Crippen LogP contribution in [-0.2, 0) is 9.59 Å². The number of carbonyl (C=O) groups is 2. The molecule has 0 aromatic rings. The van der Waals surface area contributed by atoms with Crippen LogP contribution in [0.4, 0.5) is 0 Å². The quantitative estimate of drug-likeness (QED) is 0.494. The van der Waals surface area contributed by atoms with Crippen LogP contribution in [0.3, 0.4) is 0 Å². The van der Waals surface area contributed by atoms with Crippen molar-refractivity contribution in [1.29, 1.82) is 0 Å². The molecule has 1 atom stereocenters. The van der Waals surface area contributed by atoms with E-state index in [1.165, 1.54) is 0 Å². The number of aliphatic hydroxyl groups is 1. The van der Waals surface area contributed by atoms with Crippen LogP contribution in [0.2, 0.25) is 0 Å². The number of imide groups is 1. The van der Waals surface area contributed by atoms with Crippen molar-refractivity contribution in [2.45, 2.75) is 18.9 Å². The summed E-state index contributed by atoms with van der Waals surface area (Å²) in [6.07, 6.45) is 0.715. The summed E-state index contributed by atoms with van der Waals surface area (Å²) in [5.41, 5.74) is 5.44. The van der Waals surface area contributed by atoms with Gasteiger partial charge in [-0.05, 0) is 6.42 Å². The minimum atomic E-state index is -0.575. The van der Waals surface area contributed by atoms with E-state index in [2.05, 4.69) is 0 Å². The molecule has 1 unspecified atom stereocenters. The Bertz CT molecular complexity index is 205. The van der Waals surface area contributed by atoms with E-state index in [0.717, 1.165) is 4.90 Å². The van der Waals surface area contributed by atoms with Crippen molar-refractivity contribution in [3.05, 3.63) is 0 Å². The molecule has 0 bridgehead atoms. The second-order valence-electron chi connectivity index (χ2n) is 2.75. The lowest BCUT2D eigenvalue weighted by Crippen LogP contribution is -2.52. The molecule has 1 aliphatic heterocycles. The Morgan fingerprint density at radius 2 is 2.25 bits per heavy atom. The van der Waals surface area contributed by atoms with Crippen molar-refractivity contribution in [3.63, 3.8) is 0 Å². The highest BCUT2D eigenvalue weighted by atomic mass is 16.3. The first-order valence-corrected chi connectivity index (χ1v) is 3.87. The lowest BCUT2D eigenvalue weighted by atomic mass is 10.1. The van der Waals surface area contributed by atoms with Gasteiger partial charge in [0.05, 0.1) is 19.2 Å². The monoisotopic (exact) mass is 172 g/mol. The van der Waals surface area contributed by atoms with Gasteiger partial charge in [-0.3, -0.25) is 14.5 Å². The Labute approximate surface area is 70.1 Å². The molecule has 0 aliphatic carbocycles. The molecule has 5 nitrogen and oxygen atoms in total. The summed E-state index contributed by atoms with van der Waals surface area (Å²) in [6.45, 7) is -0.143. The summed E-state index contributed by atoms with van der Waals surface area (Å²) < 4.78 is 0. The van der Waals surface area contributed by atoms with E-state index >= 15 is 0 Å². The molecule has 1 saturated heterocycles. The number of aliphatic hydroxyl groups excluding tert-OH is 1. The number of rotatable bonds is 2. The summed E-state index contributed by atoms with van der Waals surface area (Å²) >= 11 is 0. The predicted octanol–water partition coefficient (Wildman–Crippen LogP) is -1.54. The maximum absolute atomic E-state index is 11.2. The second-order valence-corrected chi connectivity index (χ2v) is 2.75. The van der Waals surface area contributed by atoms with Gasteiger partial charge < -0.3 is 10.8 Å². The van der Waals surface area contributed by atoms with Gasteiger partial charge in [0, 0.05) is 6.42 Å². The highest BCUT2D eigenvalue weighted by molar-refractivity contribution is 6.00. The molecule has 2 amide bonds. The Balaban J connectivity index is 2.65. The van der Waals surface area contributed by atoms with Crippen LogP contribution in [0.25, 0.3) is 0 Å². The van der Waals surface area contributed by atoms with E-state index < -0.39 is 6.04 Å². The fourth-order valence-corrected chi connectivity index (χ4v) is 1.20. The first-order chi connectivity index (χ1) is 5.66. The first-order valence-electron chi connectivity index (χ1n) is 3.87. The summed E-state index contributed by atoms with van der Waals surface area (Å²) in [6, 6.07) is -0.575. The second kappa shape index (κ2) is 3.64. The number of piperidine rings is 1. The zero-order chi connectivity index (χ0) is 9.14. The summed E-state index contributed by atoms with van der Waals surface area (Å²) in [4.78, 5) is 23.3. The zero-order valence-corrected chi connectivity index (χ0v) is 6.69. The average molecular weight is 172 g/mol. The van der Waals surface area contributed by atoms with Gasteiger partial charge >= 0.3 is 0 Å². The SMILES string of the molecule is NC1CCC(=O)N(CCO)C1=O. The topological polar surface area (TPSA) is 83.6 Å². The third kappa shape index (κ3) is 1.62. The van der Waals surface area contributed by atoms with Gasteiger partial charge in [-0.2, -0.15) is 0 Å². The third-order valence-corrected chi connectivity index (χ3v) is 1.88. The molecule has 12 heavy (non-hydrogen) atoms. The maximum atomic E-state index is 11.2. The lowest BCUT2D eigenvalue weighted by Gasteiger charge is -2.27. The number of hydrogen-bond donors (Lipinski definition) is 2. The minimum absolute atomic E-state index is 0.0609. The molecule has 1 aliphatic rings. The molecule has 0 aromatic carbocycles. The first kappa shape index (κ1) is 9.15. The maximum Gasteiger partial charge on any atom is 0.246 e. The average Bonchev–Trinajstić information content (AvgIpc) is 2.06. The fraction of sp³-hybridized carbons (Fsp3) is 0.714. The van der Waals surface area contributed by atoms with Gasteiger partial charge in [0.25, 0.3) is 0 Å². The van der Waals surface area contributed by atoms with E-state index in [1.807, 2.05) is 0 Å². The van der Waals surface area contributed by atoms with Crippen molar-refractivity contribution in [2.75, 3.05) is 13.2 Å². The standard InChI is InChI=1S/C7H12N2O3/c8-5-1-2-6(11)9(3-4-10)7(5)12/h5,10H,1-4,8H2. The van der Waals surface area contributed by atoms with Crippen LogP contribution in [0.1, 0.15) is 12.8 Å². The number of nitrogens with two attached hydrogens (primary N) is 1. The molecular weight excluding hydrogens is 160 g/mol. The number of carbonyl (C=O) groups excluding carboxylic acids is 2. The smallest absolute Gasteiger partial charge is 0.246 e. The highest BCUT2D eigenvalue weighted by Gasteiger charge is 2.31. The Morgan fingerprint density at radius 3 is 2.83 bits per heavy atom. The molecule has 1 rings (SSSR count). The molecule has 5 heteroatoms. The van der Waals surface area contributed by atoms with E-state index in [4.69, 9.17) is 10.8 Å². The van der Waals surface area contributed by atoms with Crippen molar-refractivity contribution in [1.82, 2.24) is 4.90 Å². The van der Waals surface area contributed by atoms with Crippen molar-refractivity contribution < 1.29 is 14.7 Å². The number of nitrogens with zero attached hydrogens (tertiary/aromatic N) is 1. The summed E-state index contributed by atoms with van der Waals surface area (Å²) in [7, 11) is 0. The molecule has 1 fully saturated rings. The summed E-state index contributed by atoms with van der Waals surface area (Å²) in [5.74, 6) is -0.615. The van der Waals surface area contributed by atoms with Gasteiger partial charge in [-0.1, -0.05) is 0 Å². The highest BCUT2D eigenvalue weighted by Crippen LogP contribution is 2.10. The number of likely N-dealkylation sites (tertiary alicyclic amines) is 1. The minimum Gasteiger partial charge on any atom is -0.395 e. The molecule has 1 heterocycles. The summed E-state index contributed by atoms with van der Waals surface area (Å²) in [5, 5.41) is 8.55. The van der Waals surface area contributed by atoms with E-state index in [1.54, 1.807) is 0 Å². The molecule has 68 valence electrons. The van der Waals surface area contributed by atoms with Gasteiger partial charge in [-0.15, -0.1) is 0 Å². The molecule has 0 aromatic heterocycles. The largest absolute Gasteiger partial charge is 0.395 e. The molecule has 0 radical (unpaired) electrons. The Kier molecular flexibility index (Phi) is 2.78. The van der Waals surface area contributed by atoms with Gasteiger partial charge in [-0.25, -0.2) is 0 Å². The predicted molar refractivity (Wildman–Crippen MR) is 41.0 cm³/mol. The van der Waals surface area contributed by atoms with Gasteiger partial charge in [0.15, 0.2) is 0 Å². The van der Waals surface area contributed by atoms with Crippen LogP contribution < -0.4 is 5.73 Å². The van der Waals surface area contributed by atoms with Crippen LogP contribution in [0.15, 0.2) is 0 Å². The van der Waals surface area contributed by atoms with Gasteiger partial charge in [0.1, 0.15) is 0 Å². The van der Waals surface area contributed by atoms with Crippen molar-refractivity contribution >= 4 is 11.8 Å². The Hall–Kier alpha value is -0.940. The van der Waals surface area contributed by atoms with Crippen LogP contribution >= 0.6 is 0 Å². The third-order valence-electron chi connectivity index (χ3n) is 1.88. The molecule has 0 spiro atoms. The molecule has 3 N–H and O–H groups in total.